The van der Waals surface area contributed by atoms with E-state index >= 15 is 0 Å². The van der Waals surface area contributed by atoms with Crippen LogP contribution in [0.15, 0.2) is 9.03 Å². The molecule has 1 heterocycles. The number of hydrogen-bond donors (Lipinski definition) is 0. The molecule has 0 amide bonds. The molecule has 0 unspecified atom stereocenters. The summed E-state index contributed by atoms with van der Waals surface area (Å²) < 4.78 is 49.5. The van der Waals surface area contributed by atoms with Gasteiger partial charge in [0, 0.05) is 0 Å². The summed E-state index contributed by atoms with van der Waals surface area (Å²) in [5.74, 6) is 0. The maximum absolute atomic E-state index is 14.1. The molecule has 0 aliphatic carbocycles. The van der Waals surface area contributed by atoms with Crippen molar-refractivity contribution < 1.29 is 4.57 Å². The van der Waals surface area contributed by atoms with Crippen molar-refractivity contribution in [2.75, 3.05) is 147 Å². The number of rotatable bonds is 13. The topological polar surface area (TPSA) is 77.4 Å². The molecule has 0 saturated carbocycles. The second-order valence-corrected chi connectivity index (χ2v) is 26.1. The molecule has 1 aliphatic rings. The Morgan fingerprint density at radius 2 is 1.18 bits per heavy atom. The van der Waals surface area contributed by atoms with Gasteiger partial charge < -0.3 is 0 Å². The van der Waals surface area contributed by atoms with Crippen LogP contribution in [0.25, 0.3) is 0 Å². The summed E-state index contributed by atoms with van der Waals surface area (Å²) in [4.78, 5) is 0. The van der Waals surface area contributed by atoms with E-state index in [9.17, 15) is 4.57 Å². The van der Waals surface area contributed by atoms with Gasteiger partial charge in [-0.25, -0.2) is 0 Å². The Labute approximate surface area is 241 Å². The van der Waals surface area contributed by atoms with Gasteiger partial charge in [-0.2, -0.15) is 0 Å². The molecule has 39 heavy (non-hydrogen) atoms. The molecule has 0 aromatic carbocycles. The Balaban J connectivity index is 3.70. The van der Waals surface area contributed by atoms with Crippen molar-refractivity contribution in [1.82, 2.24) is 51.4 Å². The van der Waals surface area contributed by atoms with E-state index in [0.29, 0.717) is 0 Å². The fourth-order valence-electron chi connectivity index (χ4n) is 5.56. The van der Waals surface area contributed by atoms with E-state index < -0.39 is 30.5 Å². The van der Waals surface area contributed by atoms with E-state index in [4.69, 9.17) is 9.03 Å². The molecule has 0 saturated heterocycles. The molecule has 1 rings (SSSR count). The van der Waals surface area contributed by atoms with Crippen LogP contribution in [0.4, 0.5) is 0 Å². The predicted molar refractivity (Wildman–Crippen MR) is 176 cm³/mol. The second kappa shape index (κ2) is 14.0. The molecule has 0 atom stereocenters. The van der Waals surface area contributed by atoms with Gasteiger partial charge in [-0.3, -0.25) is 0 Å². The maximum atomic E-state index is 14.1. The summed E-state index contributed by atoms with van der Waals surface area (Å²) in [5, 5.41) is 0. The van der Waals surface area contributed by atoms with Crippen molar-refractivity contribution in [1.29, 1.82) is 0 Å². The van der Waals surface area contributed by atoms with Gasteiger partial charge in [0.05, 0.1) is 0 Å². The van der Waals surface area contributed by atoms with Crippen LogP contribution in [-0.4, -0.2) is 198 Å². The van der Waals surface area contributed by atoms with Crippen molar-refractivity contribution in [2.24, 2.45) is 9.03 Å². The van der Waals surface area contributed by atoms with Crippen molar-refractivity contribution in [3.8, 4) is 0 Å². The third-order valence-corrected chi connectivity index (χ3v) is 23.6. The fourth-order valence-corrected chi connectivity index (χ4v) is 23.5. The number of nitrogens with zero attached hydrogens (tertiary/aromatic N) is 13. The van der Waals surface area contributed by atoms with Crippen LogP contribution in [0.1, 0.15) is 0 Å². The molecular formula is C21H61N13OP4. The monoisotopic (exact) mass is 635 g/mol. The summed E-state index contributed by atoms with van der Waals surface area (Å²) in [6, 6.07) is 0. The molecule has 0 spiro atoms. The van der Waals surface area contributed by atoms with Crippen LogP contribution < -0.4 is 0 Å². The average molecular weight is 636 g/mol. The van der Waals surface area contributed by atoms with Crippen LogP contribution in [0, 0.1) is 0 Å². The Morgan fingerprint density at radius 1 is 0.744 bits per heavy atom. The van der Waals surface area contributed by atoms with Gasteiger partial charge >= 0.3 is 242 Å². The fraction of sp³-hybridized carbons (Fsp3) is 1.00. The predicted octanol–water partition coefficient (Wildman–Crippen LogP) is 3.03. The molecular weight excluding hydrogens is 574 g/mol. The summed E-state index contributed by atoms with van der Waals surface area (Å²) in [6.45, 7) is 2.35. The van der Waals surface area contributed by atoms with Crippen LogP contribution in [0.3, 0.4) is 0 Å². The molecule has 18 heteroatoms. The zero-order valence-electron chi connectivity index (χ0n) is 28.2. The van der Waals surface area contributed by atoms with Gasteiger partial charge in [0.15, 0.2) is 0 Å². The molecule has 236 valence electrons. The first-order valence-electron chi connectivity index (χ1n) is 13.1. The molecule has 0 aromatic rings. The Bertz CT molecular complexity index is 935. The van der Waals surface area contributed by atoms with Crippen molar-refractivity contribution in [3.63, 3.8) is 0 Å². The third-order valence-electron chi connectivity index (χ3n) is 7.41. The van der Waals surface area contributed by atoms with E-state index in [1.165, 1.54) is 0 Å². The normalized spacial score (nSPS) is 20.5. The first kappa shape index (κ1) is 37.7. The summed E-state index contributed by atoms with van der Waals surface area (Å²) in [6.07, 6.45) is 0. The van der Waals surface area contributed by atoms with Gasteiger partial charge in [0.2, 0.25) is 0 Å². The van der Waals surface area contributed by atoms with Gasteiger partial charge in [-0.05, 0) is 0 Å². The first-order chi connectivity index (χ1) is 17.6. The van der Waals surface area contributed by atoms with E-state index in [1.807, 2.05) is 56.4 Å². The molecule has 0 fully saturated rings. The van der Waals surface area contributed by atoms with Gasteiger partial charge in [-0.1, -0.05) is 0 Å². The van der Waals surface area contributed by atoms with Gasteiger partial charge in [0.1, 0.15) is 0 Å². The number of hydrogen-bond acceptors (Lipinski definition) is 8. The van der Waals surface area contributed by atoms with Crippen LogP contribution in [0.2, 0.25) is 0 Å². The average Bonchev–Trinajstić information content (AvgIpc) is 2.79. The molecule has 14 nitrogen and oxygen atoms in total. The van der Waals surface area contributed by atoms with Crippen molar-refractivity contribution in [3.05, 3.63) is 0 Å². The zero-order chi connectivity index (χ0) is 30.9. The molecule has 0 radical (unpaired) electrons. The summed E-state index contributed by atoms with van der Waals surface area (Å²) >= 11 is 0. The minimum absolute atomic E-state index is 0.738. The SMILES string of the molecule is CN(C)P(=O)(N=P(N(C)C)(N(C)C)N(C)CCN(C)[PH]1(N(C)C)N=P(N(C)C)(N(C)C)N(C)CN1C)N(C)C. The van der Waals surface area contributed by atoms with Crippen LogP contribution >= 0.6 is 30.5 Å². The van der Waals surface area contributed by atoms with E-state index in [-0.39, 0.29) is 0 Å². The summed E-state index contributed by atoms with van der Waals surface area (Å²) in [7, 11) is 26.8. The quantitative estimate of drug-likeness (QED) is 0.280. The first-order valence-corrected chi connectivity index (χ1v) is 19.6. The molecule has 0 aromatic heterocycles. The molecule has 1 aliphatic heterocycles. The standard InChI is InChI=1S/C21H61N13OP4/c1-24(2)36(25(3)4)22-38(28(9)10,34(18)21-33(36)17)32(16)20-19-31(15)37(26(5)6,27(7)8)23-39(35,29(11)12)30(13)14/h38H,19-21H2,1-18H3. The van der Waals surface area contributed by atoms with E-state index in [0.717, 1.165) is 19.8 Å². The molecule has 0 bridgehead atoms. The Morgan fingerprint density at radius 3 is 1.51 bits per heavy atom. The van der Waals surface area contributed by atoms with Gasteiger partial charge in [-0.15, -0.1) is 0 Å². The van der Waals surface area contributed by atoms with Crippen LogP contribution in [-0.2, 0) is 4.57 Å². The Kier molecular flexibility index (Phi) is 13.5. The van der Waals surface area contributed by atoms with Gasteiger partial charge in [0.25, 0.3) is 0 Å². The third kappa shape index (κ3) is 6.77. The van der Waals surface area contributed by atoms with E-state index in [1.54, 1.807) is 9.34 Å². The minimum atomic E-state index is -3.14. The Hall–Kier alpha value is 0.680. The number of likely N-dealkylation sites (N-methyl/N-ethyl adjacent to an activating group) is 2. The zero-order valence-corrected chi connectivity index (χ0v) is 31.9. The molecule has 0 N–H and O–H groups in total. The van der Waals surface area contributed by atoms with Crippen molar-refractivity contribution in [2.45, 2.75) is 0 Å². The van der Waals surface area contributed by atoms with Crippen LogP contribution in [0.5, 0.6) is 0 Å². The second-order valence-electron chi connectivity index (χ2n) is 11.7. The summed E-state index contributed by atoms with van der Waals surface area (Å²) in [5.41, 5.74) is 0. The van der Waals surface area contributed by atoms with E-state index in [2.05, 4.69) is 113 Å². The van der Waals surface area contributed by atoms with Crippen molar-refractivity contribution >= 4 is 30.5 Å².